The second-order valence-corrected chi connectivity index (χ2v) is 6.58. The molecule has 6 nitrogen and oxygen atoms in total. The summed E-state index contributed by atoms with van der Waals surface area (Å²) in [6, 6.07) is 3.10. The van der Waals surface area contributed by atoms with Gasteiger partial charge in [0.15, 0.2) is 5.72 Å². The van der Waals surface area contributed by atoms with Crippen LogP contribution in [-0.2, 0) is 28.3 Å². The van der Waals surface area contributed by atoms with E-state index >= 15 is 0 Å². The summed E-state index contributed by atoms with van der Waals surface area (Å²) in [4.78, 5) is 18.8. The molecular formula is C19H22FN3O3. The number of pyridine rings is 1. The van der Waals surface area contributed by atoms with Crippen LogP contribution in [-0.4, -0.2) is 34.6 Å². The highest BCUT2D eigenvalue weighted by Gasteiger charge is 2.47. The number of nitrogens with zero attached hydrogens (tertiary/aromatic N) is 2. The molecule has 0 saturated heterocycles. The number of benzene rings is 1. The SMILES string of the molecule is C=C(CO)C(=O)N1Cc2c(nc3cc(F)c(C)cc3c2CN)C1(C)OC. The molecule has 2 heterocycles. The van der Waals surface area contributed by atoms with Gasteiger partial charge in [0.2, 0.25) is 0 Å². The molecule has 1 aliphatic rings. The number of aryl methyl sites for hydroxylation is 1. The van der Waals surface area contributed by atoms with Crippen LogP contribution in [0.15, 0.2) is 24.3 Å². The van der Waals surface area contributed by atoms with E-state index in [-0.39, 0.29) is 24.5 Å². The number of rotatable bonds is 4. The average molecular weight is 359 g/mol. The van der Waals surface area contributed by atoms with Crippen LogP contribution < -0.4 is 5.73 Å². The molecule has 1 aromatic heterocycles. The van der Waals surface area contributed by atoms with Gasteiger partial charge in [-0.3, -0.25) is 4.79 Å². The number of ether oxygens (including phenoxy) is 1. The van der Waals surface area contributed by atoms with E-state index in [1.165, 1.54) is 18.1 Å². The molecular weight excluding hydrogens is 337 g/mol. The molecule has 3 rings (SSSR count). The van der Waals surface area contributed by atoms with E-state index in [4.69, 9.17) is 10.5 Å². The standard InChI is InChI=1S/C19H22FN3O3/c1-10-5-12-13(7-21)14-8-23(18(25)11(2)9-24)19(3,26-4)17(14)22-16(12)6-15(10)20/h5-6,24H,2,7-9,21H2,1,3-4H3. The predicted molar refractivity (Wildman–Crippen MR) is 95.5 cm³/mol. The minimum Gasteiger partial charge on any atom is -0.391 e. The Bertz CT molecular complexity index is 928. The normalized spacial score (nSPS) is 19.1. The maximum atomic E-state index is 14.1. The van der Waals surface area contributed by atoms with Crippen LogP contribution in [0.25, 0.3) is 10.9 Å². The molecule has 2 aromatic rings. The van der Waals surface area contributed by atoms with Crippen molar-refractivity contribution in [3.05, 3.63) is 52.5 Å². The third-order valence-corrected chi connectivity index (χ3v) is 5.10. The molecule has 26 heavy (non-hydrogen) atoms. The molecule has 1 aromatic carbocycles. The predicted octanol–water partition coefficient (Wildman–Crippen LogP) is 1.85. The Morgan fingerprint density at radius 1 is 1.54 bits per heavy atom. The van der Waals surface area contributed by atoms with Crippen LogP contribution in [0.3, 0.4) is 0 Å². The van der Waals surface area contributed by atoms with Crippen LogP contribution in [0, 0.1) is 12.7 Å². The van der Waals surface area contributed by atoms with Crippen molar-refractivity contribution in [3.63, 3.8) is 0 Å². The fourth-order valence-corrected chi connectivity index (χ4v) is 3.45. The number of fused-ring (bicyclic) bond motifs is 2. The summed E-state index contributed by atoms with van der Waals surface area (Å²) in [6.07, 6.45) is 0. The van der Waals surface area contributed by atoms with Crippen LogP contribution in [0.5, 0.6) is 0 Å². The maximum absolute atomic E-state index is 14.1. The van der Waals surface area contributed by atoms with E-state index in [1.807, 2.05) is 0 Å². The zero-order valence-electron chi connectivity index (χ0n) is 15.1. The van der Waals surface area contributed by atoms with Crippen molar-refractivity contribution in [3.8, 4) is 0 Å². The first-order chi connectivity index (χ1) is 12.3. The summed E-state index contributed by atoms with van der Waals surface area (Å²) in [6.45, 7) is 7.00. The van der Waals surface area contributed by atoms with Gasteiger partial charge in [0.05, 0.1) is 24.4 Å². The quantitative estimate of drug-likeness (QED) is 0.814. The van der Waals surface area contributed by atoms with E-state index in [1.54, 1.807) is 19.9 Å². The molecule has 0 aliphatic carbocycles. The first-order valence-electron chi connectivity index (χ1n) is 8.26. The van der Waals surface area contributed by atoms with Crippen LogP contribution in [0.4, 0.5) is 4.39 Å². The van der Waals surface area contributed by atoms with Crippen LogP contribution in [0.2, 0.25) is 0 Å². The number of aliphatic hydroxyl groups excluding tert-OH is 1. The molecule has 1 aliphatic heterocycles. The van der Waals surface area contributed by atoms with Gasteiger partial charge in [-0.2, -0.15) is 0 Å². The van der Waals surface area contributed by atoms with Crippen LogP contribution in [0.1, 0.15) is 29.3 Å². The van der Waals surface area contributed by atoms with E-state index < -0.39 is 18.2 Å². The lowest BCUT2D eigenvalue weighted by molar-refractivity contribution is -0.161. The number of hydrogen-bond donors (Lipinski definition) is 2. The number of hydrogen-bond acceptors (Lipinski definition) is 5. The zero-order chi connectivity index (χ0) is 19.2. The molecule has 138 valence electrons. The molecule has 0 radical (unpaired) electrons. The van der Waals surface area contributed by atoms with E-state index in [0.29, 0.717) is 16.8 Å². The summed E-state index contributed by atoms with van der Waals surface area (Å²) < 4.78 is 19.7. The maximum Gasteiger partial charge on any atom is 0.254 e. The number of carbonyl (C=O) groups is 1. The number of halogens is 1. The fourth-order valence-electron chi connectivity index (χ4n) is 3.45. The zero-order valence-corrected chi connectivity index (χ0v) is 15.1. The first kappa shape index (κ1) is 18.4. The molecule has 0 saturated carbocycles. The molecule has 1 unspecified atom stereocenters. The van der Waals surface area contributed by atoms with Crippen molar-refractivity contribution in [2.24, 2.45) is 5.73 Å². The largest absolute Gasteiger partial charge is 0.391 e. The highest BCUT2D eigenvalue weighted by molar-refractivity contribution is 5.94. The van der Waals surface area contributed by atoms with Gasteiger partial charge in [-0.05, 0) is 31.0 Å². The second-order valence-electron chi connectivity index (χ2n) is 6.58. The van der Waals surface area contributed by atoms with Crippen molar-refractivity contribution in [2.45, 2.75) is 32.7 Å². The number of aliphatic hydroxyl groups is 1. The monoisotopic (exact) mass is 359 g/mol. The fraction of sp³-hybridized carbons (Fsp3) is 0.368. The van der Waals surface area contributed by atoms with Crippen molar-refractivity contribution in [1.82, 2.24) is 9.88 Å². The summed E-state index contributed by atoms with van der Waals surface area (Å²) >= 11 is 0. The highest BCUT2D eigenvalue weighted by atomic mass is 19.1. The molecule has 3 N–H and O–H groups in total. The number of aromatic nitrogens is 1. The summed E-state index contributed by atoms with van der Waals surface area (Å²) in [5.74, 6) is -0.782. The van der Waals surface area contributed by atoms with Gasteiger partial charge in [0.1, 0.15) is 5.82 Å². The summed E-state index contributed by atoms with van der Waals surface area (Å²) in [5, 5.41) is 10.0. The number of amides is 1. The molecule has 7 heteroatoms. The number of carbonyl (C=O) groups excluding carboxylic acids is 1. The van der Waals surface area contributed by atoms with Gasteiger partial charge in [-0.25, -0.2) is 9.37 Å². The van der Waals surface area contributed by atoms with Gasteiger partial charge in [-0.1, -0.05) is 6.58 Å². The third kappa shape index (κ3) is 2.51. The third-order valence-electron chi connectivity index (χ3n) is 5.10. The molecule has 1 atom stereocenters. The van der Waals surface area contributed by atoms with Crippen molar-refractivity contribution >= 4 is 16.8 Å². The molecule has 0 fully saturated rings. The van der Waals surface area contributed by atoms with Crippen molar-refractivity contribution in [2.75, 3.05) is 13.7 Å². The van der Waals surface area contributed by atoms with Gasteiger partial charge in [-0.15, -0.1) is 0 Å². The van der Waals surface area contributed by atoms with Gasteiger partial charge in [0.25, 0.3) is 5.91 Å². The summed E-state index contributed by atoms with van der Waals surface area (Å²) in [7, 11) is 1.47. The van der Waals surface area contributed by atoms with Gasteiger partial charge < -0.3 is 20.5 Å². The van der Waals surface area contributed by atoms with Crippen LogP contribution >= 0.6 is 0 Å². The Kier molecular flexibility index (Phi) is 4.56. The topological polar surface area (TPSA) is 88.7 Å². The molecule has 0 bridgehead atoms. The van der Waals surface area contributed by atoms with E-state index in [2.05, 4.69) is 11.6 Å². The number of methoxy groups -OCH3 is 1. The Labute approximate surface area is 151 Å². The lowest BCUT2D eigenvalue weighted by Crippen LogP contribution is -2.45. The first-order valence-corrected chi connectivity index (χ1v) is 8.26. The Morgan fingerprint density at radius 2 is 2.23 bits per heavy atom. The highest BCUT2D eigenvalue weighted by Crippen LogP contribution is 2.42. The van der Waals surface area contributed by atoms with E-state index in [9.17, 15) is 14.3 Å². The van der Waals surface area contributed by atoms with Crippen molar-refractivity contribution in [1.29, 1.82) is 0 Å². The summed E-state index contributed by atoms with van der Waals surface area (Å²) in [5.41, 5.74) is 7.97. The minimum absolute atomic E-state index is 0.0572. The van der Waals surface area contributed by atoms with Gasteiger partial charge in [0, 0.05) is 36.2 Å². The second kappa shape index (κ2) is 6.42. The van der Waals surface area contributed by atoms with E-state index in [0.717, 1.165) is 16.5 Å². The average Bonchev–Trinajstić information content (AvgIpc) is 2.93. The Hall–Kier alpha value is -2.35. The lowest BCUT2D eigenvalue weighted by atomic mass is 9.98. The smallest absolute Gasteiger partial charge is 0.254 e. The Balaban J connectivity index is 2.28. The number of nitrogens with two attached hydrogens (primary N) is 1. The lowest BCUT2D eigenvalue weighted by Gasteiger charge is -2.34. The van der Waals surface area contributed by atoms with Crippen molar-refractivity contribution < 1.29 is 19.0 Å². The van der Waals surface area contributed by atoms with Gasteiger partial charge >= 0.3 is 0 Å². The molecule has 0 spiro atoms. The minimum atomic E-state index is -1.16. The molecule has 1 amide bonds. The Morgan fingerprint density at radius 3 is 2.81 bits per heavy atom.